The van der Waals surface area contributed by atoms with E-state index in [4.69, 9.17) is 71.4 Å². The maximum Gasteiger partial charge on any atom is 0.311 e. The predicted molar refractivity (Wildman–Crippen MR) is 525 cm³/mol. The lowest BCUT2D eigenvalue weighted by Gasteiger charge is -2.47. The fourth-order valence-electron chi connectivity index (χ4n) is 22.4. The predicted octanol–water partition coefficient (Wildman–Crippen LogP) is 8.92. The number of hydrogen-bond acceptors (Lipinski definition) is 36. The first-order valence-electron chi connectivity index (χ1n) is 51.6. The van der Waals surface area contributed by atoms with E-state index in [1.54, 1.807) is 125 Å². The van der Waals surface area contributed by atoms with Crippen molar-refractivity contribution in [2.45, 2.75) is 458 Å². The number of piperidine rings is 1. The lowest BCUT2D eigenvalue weighted by molar-refractivity contribution is -0.298. The Labute approximate surface area is 830 Å². The molecule has 36 heteroatoms. The number of nitrogens with zero attached hydrogens (tertiary/aromatic N) is 4. The molecule has 8 saturated heterocycles. The molecule has 0 spiro atoms. The summed E-state index contributed by atoms with van der Waals surface area (Å²) >= 11 is 0. The molecule has 8 aliphatic rings. The SMILES string of the molecule is CC[C@H]1OC(=O)[C@H](C)[C@@H](O[C@H]2C[C@@](C)(OC)[C@@H](O)[C@H](C)O2)[C@H](C)[C@@H](C)[C@](C)(O)C[C@@H](C)C(=NOC2CCCNC2)[C@H](C)[C@@H](O)[C@]1(C)O.CC[C@H]1OC(=O)[C@H](C)[C@@H](O[C@H]2C[C@@](C)(OC)[C@@H](O)[C@H](C)O2)[C@H](C)[C@@H](C)[C@](C)(O)C[C@@H](C)C(=NOC2CCNC2)[C@H](C)[C@@H](O)[C@]1(C)O.CC[C@H]1OC(=O)[C@H](C)[C@@H](O[C@H]2C[C@@](C)(OC)[C@@H](O)[C@H](C)O2)[C@H](C)[C@@H](C)[C@](C)(O)C[C@@H](C)C(=NOCCN(C)C)[C@H](C)[C@@H](O)[C@]1(C)O. The smallest absolute Gasteiger partial charge is 0.311 e. The molecule has 0 saturated carbocycles. The van der Waals surface area contributed by atoms with Gasteiger partial charge in [-0.1, -0.05) is 119 Å². The highest BCUT2D eigenvalue weighted by Gasteiger charge is 2.58. The lowest BCUT2D eigenvalue weighted by Crippen LogP contribution is -2.58. The number of aliphatic hydroxyl groups excluding tert-OH is 6. The number of hydrogen-bond donors (Lipinski definition) is 14. The van der Waals surface area contributed by atoms with E-state index >= 15 is 0 Å². The van der Waals surface area contributed by atoms with Crippen molar-refractivity contribution in [1.82, 2.24) is 15.5 Å². The third kappa shape index (κ3) is 30.4. The molecule has 8 rings (SSSR count). The van der Waals surface area contributed by atoms with Gasteiger partial charge in [-0.25, -0.2) is 0 Å². The summed E-state index contributed by atoms with van der Waals surface area (Å²) in [5.41, 5.74) is -10.6. The maximum atomic E-state index is 13.9. The van der Waals surface area contributed by atoms with Crippen LogP contribution in [0.3, 0.4) is 0 Å². The van der Waals surface area contributed by atoms with Crippen molar-refractivity contribution in [2.24, 2.45) is 104 Å². The van der Waals surface area contributed by atoms with Crippen molar-refractivity contribution in [3.8, 4) is 0 Å². The second-order valence-electron chi connectivity index (χ2n) is 45.2. The van der Waals surface area contributed by atoms with Crippen molar-refractivity contribution in [3.63, 3.8) is 0 Å². The summed E-state index contributed by atoms with van der Waals surface area (Å²) in [6.45, 7) is 57.5. The van der Waals surface area contributed by atoms with Crippen molar-refractivity contribution in [2.75, 3.05) is 74.8 Å². The molecule has 36 nitrogen and oxygen atoms in total. The van der Waals surface area contributed by atoms with Gasteiger partial charge in [-0.05, 0) is 218 Å². The average molecular weight is 1990 g/mol. The minimum absolute atomic E-state index is 0.119. The number of carbonyl (C=O) groups excluding carboxylic acids is 3. The first-order chi connectivity index (χ1) is 64.2. The van der Waals surface area contributed by atoms with E-state index in [1.165, 1.54) is 42.1 Å². The van der Waals surface area contributed by atoms with Gasteiger partial charge in [0.2, 0.25) is 0 Å². The summed E-state index contributed by atoms with van der Waals surface area (Å²) < 4.78 is 72.9. The minimum Gasteiger partial charge on any atom is -0.459 e. The minimum atomic E-state index is -1.84. The molecule has 2 unspecified atom stereocenters. The van der Waals surface area contributed by atoms with Crippen LogP contribution in [0.2, 0.25) is 0 Å². The number of oxime groups is 3. The van der Waals surface area contributed by atoms with Crippen molar-refractivity contribution in [1.29, 1.82) is 0 Å². The van der Waals surface area contributed by atoms with Crippen LogP contribution in [0.1, 0.15) is 285 Å². The second kappa shape index (κ2) is 51.7. The normalized spacial score (nSPS) is 48.1. The van der Waals surface area contributed by atoms with Crippen LogP contribution in [0.4, 0.5) is 0 Å². The highest BCUT2D eigenvalue weighted by Crippen LogP contribution is 2.47. The van der Waals surface area contributed by atoms with Crippen LogP contribution in [-0.2, 0) is 85.7 Å². The number of cyclic esters (lactones) is 3. The van der Waals surface area contributed by atoms with Gasteiger partial charge in [0, 0.05) is 102 Å². The number of nitrogens with one attached hydrogen (secondary N) is 2. The Morgan fingerprint density at radius 2 is 0.655 bits per heavy atom. The monoisotopic (exact) mass is 1990 g/mol. The van der Waals surface area contributed by atoms with Crippen LogP contribution in [0.15, 0.2) is 15.5 Å². The van der Waals surface area contributed by atoms with Crippen LogP contribution < -0.4 is 10.6 Å². The fourth-order valence-corrected chi connectivity index (χ4v) is 22.4. The molecule has 0 aromatic heterocycles. The molecule has 8 fully saturated rings. The number of ether oxygens (including phenoxy) is 12. The molecule has 8 aliphatic heterocycles. The van der Waals surface area contributed by atoms with Crippen LogP contribution >= 0.6 is 0 Å². The molecule has 0 bridgehead atoms. The average Bonchev–Trinajstić information content (AvgIpc) is 1.07. The summed E-state index contributed by atoms with van der Waals surface area (Å²) in [5, 5.41) is 159. The molecule has 44 atom stereocenters. The van der Waals surface area contributed by atoms with E-state index in [9.17, 15) is 75.7 Å². The summed E-state index contributed by atoms with van der Waals surface area (Å²) in [6.07, 6.45) is -11.8. The highest BCUT2D eigenvalue weighted by molar-refractivity contribution is 5.90. The molecule has 0 radical (unpaired) electrons. The Hall–Kier alpha value is -4.14. The zero-order valence-electron chi connectivity index (χ0n) is 90.9. The van der Waals surface area contributed by atoms with E-state index < -0.39 is 214 Å². The zero-order chi connectivity index (χ0) is 106. The van der Waals surface area contributed by atoms with Crippen molar-refractivity contribution < 1.29 is 147 Å². The van der Waals surface area contributed by atoms with Crippen LogP contribution in [0.5, 0.6) is 0 Å². The number of carbonyl (C=O) groups is 3. The Morgan fingerprint density at radius 3 is 0.899 bits per heavy atom. The molecule has 0 aromatic rings. The molecule has 812 valence electrons. The first kappa shape index (κ1) is 124. The number of methoxy groups -OCH3 is 3. The van der Waals surface area contributed by atoms with E-state index in [0.29, 0.717) is 43.4 Å². The molecule has 0 amide bonds. The molecule has 139 heavy (non-hydrogen) atoms. The van der Waals surface area contributed by atoms with Crippen molar-refractivity contribution in [3.05, 3.63) is 0 Å². The molecular weight excluding hydrogens is 1800 g/mol. The third-order valence-corrected chi connectivity index (χ3v) is 33.6. The number of esters is 3. The highest BCUT2D eigenvalue weighted by atomic mass is 16.7. The Morgan fingerprint density at radius 1 is 0.381 bits per heavy atom. The first-order valence-corrected chi connectivity index (χ1v) is 51.6. The summed E-state index contributed by atoms with van der Waals surface area (Å²) in [5.74, 6) is -9.70. The molecule has 0 aromatic carbocycles. The van der Waals surface area contributed by atoms with E-state index in [2.05, 4.69) is 26.1 Å². The largest absolute Gasteiger partial charge is 0.459 e. The Kier molecular flexibility index (Phi) is 45.9. The van der Waals surface area contributed by atoms with E-state index in [1.807, 2.05) is 81.3 Å². The Bertz CT molecular complexity index is 3850. The summed E-state index contributed by atoms with van der Waals surface area (Å²) in [6, 6.07) is 0. The van der Waals surface area contributed by atoms with Crippen molar-refractivity contribution >= 4 is 35.0 Å². The summed E-state index contributed by atoms with van der Waals surface area (Å²) in [7, 11) is 8.44. The van der Waals surface area contributed by atoms with Crippen LogP contribution in [-0.4, -0.2) is 349 Å². The van der Waals surface area contributed by atoms with Gasteiger partial charge in [0.15, 0.2) is 18.9 Å². The molecular formula is C103H190N6O30. The van der Waals surface area contributed by atoms with Gasteiger partial charge < -0.3 is 148 Å². The number of likely N-dealkylation sites (N-methyl/N-ethyl adjacent to an activating group) is 1. The molecule has 0 aliphatic carbocycles. The van der Waals surface area contributed by atoms with E-state index in [-0.39, 0.29) is 123 Å². The van der Waals surface area contributed by atoms with Gasteiger partial charge in [-0.15, -0.1) is 0 Å². The van der Waals surface area contributed by atoms with Gasteiger partial charge in [0.1, 0.15) is 72.2 Å². The topological polar surface area (TPSA) is 497 Å². The standard InChI is InChI=1S/C35H64N2O10.C34H62N2O10.C34H64N2O10/c1-12-26-35(10,42)30(38)21(4)28(37-47-25-14-13-15-36-18-25)19(2)16-33(8,41)23(6)20(3)29(22(5)32(40)45-26)46-27-17-34(9,43-11)31(39)24(7)44-27;1-12-25-34(10,41)29(37)20(4)27(36-46-24-13-14-35-17-24)18(2)15-32(8,40)22(6)19(3)28(21(5)31(39)44-25)45-26-16-33(9,42-11)30(38)23(7)43-26;1-14-25-34(10,41)29(37)21(4)27(35-43-16-15-36(11)12)19(2)17-32(8,40)23(6)20(3)28(22(5)31(39)45-25)46-26-18-33(9,42-13)30(38)24(7)44-26/h19-27,29-31,36,38-39,41-42H,12-18H2,1-11H3;18-26,28-30,35,37-38,40-41H,12-17H2,1-11H3;19-26,28-30,37-38,40-41H,14-18H2,1-13H3/t19-,20-,21+,22-,23-,24+,25?,26-,27+,29+,30-,31+,33-,34-,35-;18-,19-,20+,21-,22-,23+,24?,25-,26+,28+,29-,30+,32-,33-,34-;19-,20-,21+,22-,23-,24+,25-,26+,28+,29-,30+,32-,33-,34-/m111/s1. The number of rotatable bonds is 20. The number of aliphatic hydroxyl groups is 12. The fraction of sp³-hybridized carbons (Fsp3) is 0.942. The van der Waals surface area contributed by atoms with Gasteiger partial charge in [-0.2, -0.15) is 0 Å². The second-order valence-corrected chi connectivity index (χ2v) is 45.2. The van der Waals surface area contributed by atoms with Gasteiger partial charge in [0.25, 0.3) is 0 Å². The third-order valence-electron chi connectivity index (χ3n) is 33.6. The molecule has 8 heterocycles. The van der Waals surface area contributed by atoms with Crippen LogP contribution in [0.25, 0.3) is 0 Å². The van der Waals surface area contributed by atoms with Crippen LogP contribution in [0, 0.1) is 88.8 Å². The quantitative estimate of drug-likeness (QED) is 0.0234. The van der Waals surface area contributed by atoms with Gasteiger partial charge >= 0.3 is 17.9 Å². The summed E-state index contributed by atoms with van der Waals surface area (Å²) in [4.78, 5) is 61.1. The van der Waals surface area contributed by atoms with E-state index in [0.717, 1.165) is 32.4 Å². The van der Waals surface area contributed by atoms with Gasteiger partial charge in [0.05, 0.1) is 123 Å². The lowest BCUT2D eigenvalue weighted by atomic mass is 9.70. The zero-order valence-corrected chi connectivity index (χ0v) is 90.9. The van der Waals surface area contributed by atoms with Gasteiger partial charge in [-0.3, -0.25) is 14.4 Å². The maximum absolute atomic E-state index is 13.9. The Balaban J connectivity index is 0.000000320. The molecule has 14 N–H and O–H groups in total.